The average Bonchev–Trinajstić information content (AvgIpc) is 1.41. The molecule has 2 spiro atoms. The molecule has 18 nitrogen and oxygen atoms in total. The molecule has 5 heterocycles. The van der Waals surface area contributed by atoms with Crippen LogP contribution in [-0.2, 0) is 62.1 Å². The maximum Gasteiger partial charge on any atom is 0.336 e. The molecule has 0 amide bonds. The highest BCUT2D eigenvalue weighted by Gasteiger charge is 2.41. The number of methoxy groups -OCH3 is 2. The summed E-state index contributed by atoms with van der Waals surface area (Å²) in [5.74, 6) is 0.491. The molecule has 0 atom stereocenters. The van der Waals surface area contributed by atoms with Crippen molar-refractivity contribution < 1.29 is 33.4 Å². The number of aromatic amines is 2. The lowest BCUT2D eigenvalue weighted by Crippen LogP contribution is -2.38. The Labute approximate surface area is 849 Å². The minimum Gasteiger partial charge on any atom is -0.466 e. The van der Waals surface area contributed by atoms with E-state index in [-0.39, 0.29) is 11.6 Å². The third-order valence-corrected chi connectivity index (χ3v) is 26.6. The van der Waals surface area contributed by atoms with E-state index < -0.39 is 17.9 Å². The first kappa shape index (κ1) is 108. The molecule has 2 aromatic heterocycles. The molecular formula is C126H139N11O7. The van der Waals surface area contributed by atoms with E-state index in [1.165, 1.54) is 158 Å². The number of allylic oxidation sites excluding steroid dienone is 3. The molecule has 6 aliphatic rings. The molecule has 16 aromatic rings. The lowest BCUT2D eigenvalue weighted by Gasteiger charge is -2.34. The number of ether oxygens (including phenoxy) is 3. The van der Waals surface area contributed by atoms with Crippen LogP contribution < -0.4 is 55.1 Å². The molecule has 2 fully saturated rings. The van der Waals surface area contributed by atoms with Gasteiger partial charge in [-0.05, 0) is 265 Å². The van der Waals surface area contributed by atoms with E-state index in [0.717, 1.165) is 88.4 Å². The number of carbonyl (C=O) groups is 4. The van der Waals surface area contributed by atoms with Gasteiger partial charge in [0.2, 0.25) is 0 Å². The van der Waals surface area contributed by atoms with Gasteiger partial charge in [-0.2, -0.15) is 0 Å². The number of carbonyl (C=O) groups excluding carboxylic acids is 4. The zero-order valence-corrected chi connectivity index (χ0v) is 84.3. The summed E-state index contributed by atoms with van der Waals surface area (Å²) >= 11 is 0. The van der Waals surface area contributed by atoms with Crippen molar-refractivity contribution in [3.05, 3.63) is 482 Å². The van der Waals surface area contributed by atoms with Crippen LogP contribution in [0.25, 0.3) is 61.4 Å². The van der Waals surface area contributed by atoms with Crippen LogP contribution >= 0.6 is 0 Å². The second kappa shape index (κ2) is 55.4. The van der Waals surface area contributed by atoms with E-state index in [0.29, 0.717) is 59.5 Å². The Morgan fingerprint density at radius 1 is 0.396 bits per heavy atom. The topological polar surface area (TPSA) is 320 Å². The number of dihydropyridines is 1. The fraction of sp³-hybridized carbons (Fsp3) is 0.222. The number of aryl methyl sites for hydroxylation is 3. The smallest absolute Gasteiger partial charge is 0.336 e. The number of para-hydroxylation sites is 3. The zero-order valence-electron chi connectivity index (χ0n) is 84.3. The number of piperidine rings is 2. The predicted molar refractivity (Wildman–Crippen MR) is 594 cm³/mol. The van der Waals surface area contributed by atoms with Crippen molar-refractivity contribution in [3.63, 3.8) is 0 Å². The van der Waals surface area contributed by atoms with Crippen LogP contribution in [0.4, 0.5) is 0 Å². The van der Waals surface area contributed by atoms with E-state index in [1.54, 1.807) is 30.5 Å². The number of nitrogens with one attached hydrogen (secondary N) is 5. The molecule has 0 unspecified atom stereocenters. The summed E-state index contributed by atoms with van der Waals surface area (Å²) in [7, 11) is 5.66. The molecule has 2 saturated heterocycles. The lowest BCUT2D eigenvalue weighted by molar-refractivity contribution is -0.137. The van der Waals surface area contributed by atoms with Crippen molar-refractivity contribution >= 4 is 51.4 Å². The Morgan fingerprint density at radius 2 is 0.833 bits per heavy atom. The highest BCUT2D eigenvalue weighted by molar-refractivity contribution is 6.21. The fourth-order valence-electron chi connectivity index (χ4n) is 19.4. The van der Waals surface area contributed by atoms with Gasteiger partial charge in [0.1, 0.15) is 11.5 Å². The summed E-state index contributed by atoms with van der Waals surface area (Å²) < 4.78 is 15.5. The van der Waals surface area contributed by atoms with Gasteiger partial charge in [0.05, 0.1) is 31.3 Å². The summed E-state index contributed by atoms with van der Waals surface area (Å²) in [6, 6.07) is 123. The van der Waals surface area contributed by atoms with E-state index in [9.17, 15) is 19.2 Å². The molecule has 144 heavy (non-hydrogen) atoms. The van der Waals surface area contributed by atoms with Crippen molar-refractivity contribution in [1.82, 2.24) is 25.9 Å². The van der Waals surface area contributed by atoms with E-state index in [1.807, 2.05) is 225 Å². The average molecular weight is 1920 g/mol. The third kappa shape index (κ3) is 28.0. The highest BCUT2D eigenvalue weighted by atomic mass is 16.5. The molecule has 0 radical (unpaired) electrons. The van der Waals surface area contributed by atoms with Gasteiger partial charge < -0.3 is 74.5 Å². The third-order valence-electron chi connectivity index (χ3n) is 26.6. The minimum atomic E-state index is -0.518. The lowest BCUT2D eigenvalue weighted by atomic mass is 9.74. The Kier molecular flexibility index (Phi) is 41.4. The van der Waals surface area contributed by atoms with Crippen LogP contribution in [0, 0.1) is 13.8 Å². The van der Waals surface area contributed by atoms with Crippen LogP contribution in [0.3, 0.4) is 0 Å². The van der Waals surface area contributed by atoms with E-state index in [2.05, 4.69) is 208 Å². The molecule has 14 aromatic carbocycles. The van der Waals surface area contributed by atoms with Crippen molar-refractivity contribution in [1.29, 1.82) is 0 Å². The van der Waals surface area contributed by atoms with Crippen LogP contribution in [0.2, 0.25) is 0 Å². The molecular weight excluding hydrogens is 1780 g/mol. The van der Waals surface area contributed by atoms with Gasteiger partial charge in [0.15, 0.2) is 11.6 Å². The molecule has 17 N–H and O–H groups in total. The van der Waals surface area contributed by atoms with Crippen molar-refractivity contribution in [2.75, 3.05) is 74.1 Å². The molecule has 740 valence electrons. The monoisotopic (exact) mass is 1920 g/mol. The summed E-state index contributed by atoms with van der Waals surface area (Å²) in [5, 5.41) is 12.6. The van der Waals surface area contributed by atoms with E-state index in [4.69, 9.17) is 37.1 Å². The second-order valence-corrected chi connectivity index (χ2v) is 35.6. The number of benzene rings is 14. The maximum absolute atomic E-state index is 12.3. The summed E-state index contributed by atoms with van der Waals surface area (Å²) in [4.78, 5) is 55.2. The number of ketones is 2. The number of fused-ring (bicyclic) bond motifs is 9. The first-order chi connectivity index (χ1) is 70.5. The normalized spacial score (nSPS) is 13.6. The number of esters is 2. The molecule has 3 aliphatic carbocycles. The SMILES string of the molecule is C1=CC2(CCNCC2)c2ccccc21.CN.CN.COC(=O)C1=C(C)NC(C)=C(C(=O)OC)C1c1cccc(C)c1.Cc1[nH]c2ccccc2c1CCN.NCCc1c(-c2ccccc2)[nH]c2ccccc12.NCCc1ccc(Oc2ccccc2)cc1.NCc1ccc(-c2ccccc2)cc1.O=C(c1ccccc1)c1ccccc1.O=C1c2ccccc2-c2ccccc21.c1ccc2c(c1)CCC21CCNCC1. The Hall–Kier alpha value is -15.1. The van der Waals surface area contributed by atoms with Gasteiger partial charge in [-0.3, -0.25) is 9.59 Å². The Bertz CT molecular complexity index is 6730. The number of hydrogen-bond acceptors (Lipinski definition) is 16. The number of aromatic nitrogens is 2. The number of rotatable bonds is 16. The summed E-state index contributed by atoms with van der Waals surface area (Å²) in [6.07, 6.45) is 15.3. The van der Waals surface area contributed by atoms with Gasteiger partial charge in [-0.1, -0.05) is 351 Å². The Balaban J connectivity index is 0.000000144. The second-order valence-electron chi connectivity index (χ2n) is 35.6. The number of hydrogen-bond donors (Lipinski definition) is 11. The van der Waals surface area contributed by atoms with Crippen molar-refractivity contribution in [3.8, 4) is 45.0 Å². The van der Waals surface area contributed by atoms with Gasteiger partial charge in [-0.15, -0.1) is 0 Å². The Morgan fingerprint density at radius 3 is 1.37 bits per heavy atom. The van der Waals surface area contributed by atoms with E-state index >= 15 is 0 Å². The molecule has 3 aliphatic heterocycles. The van der Waals surface area contributed by atoms with Gasteiger partial charge in [0, 0.05) is 78.8 Å². The van der Waals surface area contributed by atoms with Crippen molar-refractivity contribution in [2.24, 2.45) is 34.4 Å². The van der Waals surface area contributed by atoms with Gasteiger partial charge in [0.25, 0.3) is 0 Å². The van der Waals surface area contributed by atoms with Gasteiger partial charge >= 0.3 is 11.9 Å². The van der Waals surface area contributed by atoms with Gasteiger partial charge in [-0.25, -0.2) is 9.59 Å². The largest absolute Gasteiger partial charge is 0.466 e. The standard InChI is InChI=1S/C18H21NO4.C16H16N2.C14H15NO.C13H17N.C13H15N.C13H13N.C13H8O.C13H10O.C11H14N2.2CH5N/c1-10-7-6-8-13(9-10)16-14(17(20)22-4)11(2)19-12(3)15(16)18(21)23-5;17-11-10-14-13-8-4-5-9-15(13)18-16(14)12-6-2-1-3-7-12;15-11-10-12-6-8-14(9-7-12)16-13-4-2-1-3-5-13;2*1-2-4-12-11(3-1)5-6-13(12)7-9-14-10-8-13;14-10-11-6-8-13(9-7-11)12-4-2-1-3-5-12;14-13-11-7-3-1-5-9(11)10-6-2-4-8-12(10)13;14-13(11-7-3-1-4-8-11)12-9-5-2-6-10-12;1-8-9(6-7-12)10-4-2-3-5-11(10)13-8;2*1-2/h6-9,16,19H,1-5H3;1-9,18H,10-11,17H2;1-9H,10-11,15H2;1-4,14H,5-10H2;1-6,14H,7-10H2;1-9H,10,14H2;1-8H;1-10H;2-5,13H,6-7,12H2,1H3;2*2H2,1H3. The van der Waals surface area contributed by atoms with Crippen LogP contribution in [0.1, 0.15) is 145 Å². The number of nitrogens with two attached hydrogens (primary N) is 6. The minimum absolute atomic E-state index is 0.0752. The van der Waals surface area contributed by atoms with Crippen LogP contribution in [-0.4, -0.2) is 108 Å². The molecule has 22 rings (SSSR count). The predicted octanol–water partition coefficient (Wildman–Crippen LogP) is 23.2. The summed E-state index contributed by atoms with van der Waals surface area (Å²) in [6.45, 7) is 15.0. The molecule has 0 saturated carbocycles. The van der Waals surface area contributed by atoms with Crippen molar-refractivity contribution in [2.45, 2.75) is 109 Å². The maximum atomic E-state index is 12.3. The zero-order chi connectivity index (χ0) is 102. The quantitative estimate of drug-likeness (QED) is 0.0316. The fourth-order valence-corrected chi connectivity index (χ4v) is 19.4. The highest BCUT2D eigenvalue weighted by Crippen LogP contribution is 2.46. The van der Waals surface area contributed by atoms with Crippen LogP contribution in [0.15, 0.2) is 399 Å². The first-order valence-electron chi connectivity index (χ1n) is 49.7. The number of H-pyrrole nitrogens is 2. The summed E-state index contributed by atoms with van der Waals surface area (Å²) in [5.41, 5.74) is 61.4. The first-order valence-corrected chi connectivity index (χ1v) is 49.7. The molecule has 18 heteroatoms. The van der Waals surface area contributed by atoms with Crippen LogP contribution in [0.5, 0.6) is 11.5 Å². The molecule has 0 bridgehead atoms.